The first kappa shape index (κ1) is 15.0. The molecule has 2 N–H and O–H groups in total. The van der Waals surface area contributed by atoms with Crippen molar-refractivity contribution in [2.45, 2.75) is 11.5 Å². The maximum absolute atomic E-state index is 11.9. The Morgan fingerprint density at radius 2 is 2.19 bits per heavy atom. The third kappa shape index (κ3) is 1.70. The van der Waals surface area contributed by atoms with E-state index in [1.807, 2.05) is 48.7 Å². The van der Waals surface area contributed by atoms with Crippen molar-refractivity contribution in [1.82, 2.24) is 14.9 Å². The summed E-state index contributed by atoms with van der Waals surface area (Å²) in [4.78, 5) is 21.1. The minimum atomic E-state index is -0.970. The van der Waals surface area contributed by atoms with Crippen molar-refractivity contribution < 1.29 is 9.90 Å². The van der Waals surface area contributed by atoms with Crippen molar-refractivity contribution in [2.24, 2.45) is 11.8 Å². The van der Waals surface area contributed by atoms with Crippen LogP contribution in [0, 0.1) is 23.2 Å². The number of para-hydroxylation sites is 1. The van der Waals surface area contributed by atoms with Crippen LogP contribution in [0.25, 0.3) is 10.9 Å². The smallest absolute Gasteiger partial charge is 0.407 e. The molecule has 3 aromatic rings. The molecule has 1 saturated heterocycles. The second-order valence-corrected chi connectivity index (χ2v) is 6.99. The number of hydrogen-bond donors (Lipinski definition) is 2. The molecule has 0 bridgehead atoms. The molecule has 2 fully saturated rings. The van der Waals surface area contributed by atoms with E-state index in [4.69, 9.17) is 0 Å². The zero-order valence-corrected chi connectivity index (χ0v) is 13.8. The topological polar surface area (TPSA) is 93.0 Å². The summed E-state index contributed by atoms with van der Waals surface area (Å²) >= 11 is 0. The van der Waals surface area contributed by atoms with Gasteiger partial charge in [-0.1, -0.05) is 24.3 Å². The molecule has 26 heavy (non-hydrogen) atoms. The number of hydrogen-bond acceptors (Lipinski definition) is 3. The van der Waals surface area contributed by atoms with Gasteiger partial charge in [0, 0.05) is 35.8 Å². The van der Waals surface area contributed by atoms with Crippen LogP contribution in [-0.4, -0.2) is 32.6 Å². The number of benzene rings is 1. The predicted octanol–water partition coefficient (Wildman–Crippen LogP) is 3.31. The van der Waals surface area contributed by atoms with Crippen molar-refractivity contribution in [3.63, 3.8) is 0 Å². The summed E-state index contributed by atoms with van der Waals surface area (Å²) in [5.41, 5.74) is 2.12. The monoisotopic (exact) mass is 344 g/mol. The van der Waals surface area contributed by atoms with E-state index in [0.717, 1.165) is 16.5 Å². The SMILES string of the molecule is N#CC1C2CN(C(=O)O)C(c3ccccn3)C12c1cccc2cc[nH]c12. The average Bonchev–Trinajstić information content (AvgIpc) is 3.00. The second kappa shape index (κ2) is 5.09. The first-order valence-electron chi connectivity index (χ1n) is 8.56. The number of nitrogens with one attached hydrogen (secondary N) is 1. The third-order valence-electron chi connectivity index (χ3n) is 5.99. The summed E-state index contributed by atoms with van der Waals surface area (Å²) in [6.45, 7) is 0.353. The van der Waals surface area contributed by atoms with E-state index in [9.17, 15) is 15.2 Å². The number of H-pyrrole nitrogens is 1. The molecule has 2 aromatic heterocycles. The van der Waals surface area contributed by atoms with Crippen LogP contribution in [0.15, 0.2) is 54.9 Å². The Labute approximate surface area is 149 Å². The zero-order chi connectivity index (χ0) is 17.9. The van der Waals surface area contributed by atoms with E-state index < -0.39 is 17.6 Å². The minimum Gasteiger partial charge on any atom is -0.465 e. The summed E-state index contributed by atoms with van der Waals surface area (Å²) in [7, 11) is 0. The van der Waals surface area contributed by atoms with Gasteiger partial charge in [-0.05, 0) is 29.1 Å². The van der Waals surface area contributed by atoms with E-state index in [0.29, 0.717) is 12.2 Å². The molecule has 6 heteroatoms. The molecule has 1 aliphatic carbocycles. The third-order valence-corrected chi connectivity index (χ3v) is 5.99. The highest BCUT2D eigenvalue weighted by atomic mass is 16.4. The standard InChI is InChI=1S/C20H16N4O2/c21-10-14-15-11-24(19(25)26)18(16-6-1-2-8-22-16)20(14,15)13-5-3-4-12-7-9-23-17(12)13/h1-9,14-15,18,23H,11H2,(H,25,26). The van der Waals surface area contributed by atoms with Crippen LogP contribution in [0.2, 0.25) is 0 Å². The van der Waals surface area contributed by atoms with Crippen molar-refractivity contribution in [3.05, 3.63) is 66.1 Å². The molecule has 4 unspecified atom stereocenters. The lowest BCUT2D eigenvalue weighted by Crippen LogP contribution is -2.37. The Balaban J connectivity index is 1.78. The number of carbonyl (C=O) groups is 1. The Morgan fingerprint density at radius 3 is 2.92 bits per heavy atom. The van der Waals surface area contributed by atoms with E-state index in [1.54, 1.807) is 6.20 Å². The van der Waals surface area contributed by atoms with Crippen LogP contribution >= 0.6 is 0 Å². The van der Waals surface area contributed by atoms with Crippen molar-refractivity contribution >= 4 is 17.0 Å². The molecular weight excluding hydrogens is 328 g/mol. The predicted molar refractivity (Wildman–Crippen MR) is 94.3 cm³/mol. The first-order chi connectivity index (χ1) is 12.7. The Kier molecular flexibility index (Phi) is 2.93. The number of aromatic nitrogens is 2. The fourth-order valence-electron chi connectivity index (χ4n) is 4.97. The van der Waals surface area contributed by atoms with Crippen LogP contribution in [-0.2, 0) is 5.41 Å². The molecular formula is C20H16N4O2. The second-order valence-electron chi connectivity index (χ2n) is 6.99. The van der Waals surface area contributed by atoms with Gasteiger partial charge in [-0.25, -0.2) is 4.79 Å². The lowest BCUT2D eigenvalue weighted by Gasteiger charge is -2.31. The molecule has 2 aliphatic rings. The first-order valence-corrected chi connectivity index (χ1v) is 8.56. The molecule has 1 aliphatic heterocycles. The molecule has 3 heterocycles. The maximum atomic E-state index is 11.9. The number of nitrogens with zero attached hydrogens (tertiary/aromatic N) is 3. The quantitative estimate of drug-likeness (QED) is 0.746. The van der Waals surface area contributed by atoms with Gasteiger partial charge in [-0.15, -0.1) is 0 Å². The fourth-order valence-corrected chi connectivity index (χ4v) is 4.97. The summed E-state index contributed by atoms with van der Waals surface area (Å²) < 4.78 is 0. The highest BCUT2D eigenvalue weighted by molar-refractivity contribution is 5.85. The van der Waals surface area contributed by atoms with Crippen molar-refractivity contribution in [3.8, 4) is 6.07 Å². The number of pyridine rings is 1. The molecule has 1 amide bonds. The normalized spacial score (nSPS) is 29.3. The molecule has 0 radical (unpaired) electrons. The number of nitriles is 1. The van der Waals surface area contributed by atoms with Crippen LogP contribution < -0.4 is 0 Å². The van der Waals surface area contributed by atoms with Crippen LogP contribution in [0.1, 0.15) is 17.3 Å². The Morgan fingerprint density at radius 1 is 1.31 bits per heavy atom. The highest BCUT2D eigenvalue weighted by Gasteiger charge is 2.77. The largest absolute Gasteiger partial charge is 0.465 e. The summed E-state index contributed by atoms with van der Waals surface area (Å²) in [6.07, 6.45) is 2.58. The van der Waals surface area contributed by atoms with E-state index in [2.05, 4.69) is 16.0 Å². The van der Waals surface area contributed by atoms with Gasteiger partial charge in [0.05, 0.1) is 23.7 Å². The lowest BCUT2D eigenvalue weighted by molar-refractivity contribution is 0.125. The van der Waals surface area contributed by atoms with Crippen molar-refractivity contribution in [1.29, 1.82) is 5.26 Å². The Hall–Kier alpha value is -3.33. The van der Waals surface area contributed by atoms with Gasteiger partial charge in [-0.3, -0.25) is 9.88 Å². The maximum Gasteiger partial charge on any atom is 0.407 e. The van der Waals surface area contributed by atoms with Crippen LogP contribution in [0.5, 0.6) is 0 Å². The minimum absolute atomic E-state index is 0.0236. The number of carboxylic acid groups (broad SMARTS) is 1. The zero-order valence-electron chi connectivity index (χ0n) is 13.8. The molecule has 1 aromatic carbocycles. The molecule has 1 saturated carbocycles. The molecule has 4 atom stereocenters. The van der Waals surface area contributed by atoms with Gasteiger partial charge in [0.1, 0.15) is 0 Å². The molecule has 128 valence electrons. The van der Waals surface area contributed by atoms with Crippen LogP contribution in [0.3, 0.4) is 0 Å². The number of rotatable bonds is 2. The molecule has 0 spiro atoms. The number of amides is 1. The average molecular weight is 344 g/mol. The van der Waals surface area contributed by atoms with E-state index >= 15 is 0 Å². The summed E-state index contributed by atoms with van der Waals surface area (Å²) in [5.74, 6) is -0.247. The van der Waals surface area contributed by atoms with Gasteiger partial charge in [0.2, 0.25) is 0 Å². The highest BCUT2D eigenvalue weighted by Crippen LogP contribution is 2.72. The van der Waals surface area contributed by atoms with E-state index in [1.165, 1.54) is 4.90 Å². The number of aromatic amines is 1. The summed E-state index contributed by atoms with van der Waals surface area (Å²) in [6, 6.07) is 15.5. The Bertz CT molecular complexity index is 1050. The fraction of sp³-hybridized carbons (Fsp3) is 0.250. The molecule has 6 nitrogen and oxygen atoms in total. The summed E-state index contributed by atoms with van der Waals surface area (Å²) in [5, 5.41) is 20.7. The number of likely N-dealkylation sites (tertiary alicyclic amines) is 1. The van der Waals surface area contributed by atoms with Gasteiger partial charge in [0.25, 0.3) is 0 Å². The number of fused-ring (bicyclic) bond motifs is 2. The van der Waals surface area contributed by atoms with Crippen molar-refractivity contribution in [2.75, 3.05) is 6.54 Å². The molecule has 5 rings (SSSR count). The van der Waals surface area contributed by atoms with Gasteiger partial charge in [0.15, 0.2) is 0 Å². The van der Waals surface area contributed by atoms with E-state index in [-0.39, 0.29) is 11.8 Å². The lowest BCUT2D eigenvalue weighted by atomic mass is 9.82. The van der Waals surface area contributed by atoms with Gasteiger partial charge in [-0.2, -0.15) is 5.26 Å². The van der Waals surface area contributed by atoms with Gasteiger partial charge >= 0.3 is 6.09 Å². The van der Waals surface area contributed by atoms with Crippen LogP contribution in [0.4, 0.5) is 4.79 Å². The van der Waals surface area contributed by atoms with Gasteiger partial charge < -0.3 is 10.1 Å². The number of piperidine rings is 1.